The molecule has 5 heteroatoms. The van der Waals surface area contributed by atoms with Crippen molar-refractivity contribution in [3.63, 3.8) is 0 Å². The maximum atomic E-state index is 11.7. The Morgan fingerprint density at radius 2 is 1.69 bits per heavy atom. The van der Waals surface area contributed by atoms with Crippen LogP contribution in [0.5, 0.6) is 0 Å². The van der Waals surface area contributed by atoms with Crippen LogP contribution in [-0.2, 0) is 24.8 Å². The van der Waals surface area contributed by atoms with Crippen LogP contribution in [0.25, 0.3) is 0 Å². The second-order valence-electron chi connectivity index (χ2n) is 3.42. The van der Waals surface area contributed by atoms with Gasteiger partial charge in [-0.3, -0.25) is 9.36 Å². The normalized spacial score (nSPS) is 11.4. The number of carbonyl (C=O) groups is 1. The van der Waals surface area contributed by atoms with Gasteiger partial charge in [0.2, 0.25) is 5.52 Å². The lowest BCUT2D eigenvalue weighted by atomic mass is 10.1. The van der Waals surface area contributed by atoms with Gasteiger partial charge >= 0.3 is 7.60 Å². The van der Waals surface area contributed by atoms with E-state index in [1.807, 2.05) is 31.2 Å². The molecular weight excluding hydrogens is 227 g/mol. The number of rotatable bonds is 5. The summed E-state index contributed by atoms with van der Waals surface area (Å²) in [5.41, 5.74) is 1.38. The standard InChI is InChI=1S/C11H15O4P/c1-9-4-6-10(7-5-9)8-11(12)16(13,14-2)15-3/h4-7H,8H2,1-3H3. The highest BCUT2D eigenvalue weighted by molar-refractivity contribution is 7.71. The zero-order valence-electron chi connectivity index (χ0n) is 9.60. The fourth-order valence-corrected chi connectivity index (χ4v) is 2.19. The zero-order chi connectivity index (χ0) is 12.2. The fourth-order valence-electron chi connectivity index (χ4n) is 1.26. The second-order valence-corrected chi connectivity index (χ2v) is 5.64. The van der Waals surface area contributed by atoms with Gasteiger partial charge in [-0.2, -0.15) is 0 Å². The van der Waals surface area contributed by atoms with Gasteiger partial charge in [-0.05, 0) is 12.5 Å². The smallest absolute Gasteiger partial charge is 0.307 e. The van der Waals surface area contributed by atoms with Crippen molar-refractivity contribution in [1.29, 1.82) is 0 Å². The fraction of sp³-hybridized carbons (Fsp3) is 0.364. The van der Waals surface area contributed by atoms with Crippen LogP contribution in [0.3, 0.4) is 0 Å². The van der Waals surface area contributed by atoms with Crippen LogP contribution in [0.4, 0.5) is 0 Å². The second kappa shape index (κ2) is 5.39. The summed E-state index contributed by atoms with van der Waals surface area (Å²) in [7, 11) is -1.18. The van der Waals surface area contributed by atoms with E-state index in [9.17, 15) is 9.36 Å². The SMILES string of the molecule is COP(=O)(OC)C(=O)Cc1ccc(C)cc1. The summed E-state index contributed by atoms with van der Waals surface area (Å²) in [5.74, 6) is 0. The monoisotopic (exact) mass is 242 g/mol. The van der Waals surface area contributed by atoms with Crippen molar-refractivity contribution >= 4 is 13.1 Å². The Morgan fingerprint density at radius 1 is 1.19 bits per heavy atom. The number of aryl methyl sites for hydroxylation is 1. The Labute approximate surface area is 95.1 Å². The molecule has 0 atom stereocenters. The van der Waals surface area contributed by atoms with Gasteiger partial charge in [-0.1, -0.05) is 29.8 Å². The average molecular weight is 242 g/mol. The summed E-state index contributed by atoms with van der Waals surface area (Å²) in [5, 5.41) is 0. The van der Waals surface area contributed by atoms with Gasteiger partial charge in [0.05, 0.1) is 0 Å². The highest BCUT2D eigenvalue weighted by Crippen LogP contribution is 2.47. The lowest BCUT2D eigenvalue weighted by Crippen LogP contribution is -2.06. The van der Waals surface area contributed by atoms with Gasteiger partial charge < -0.3 is 9.05 Å². The Kier molecular flexibility index (Phi) is 4.42. The molecule has 0 saturated carbocycles. The molecule has 0 spiro atoms. The van der Waals surface area contributed by atoms with Crippen LogP contribution in [0.2, 0.25) is 0 Å². The molecule has 0 aliphatic carbocycles. The predicted molar refractivity (Wildman–Crippen MR) is 61.5 cm³/mol. The van der Waals surface area contributed by atoms with Crippen molar-refractivity contribution in [2.45, 2.75) is 13.3 Å². The summed E-state index contributed by atoms with van der Waals surface area (Å²) in [4.78, 5) is 11.7. The first-order valence-electron chi connectivity index (χ1n) is 4.82. The minimum atomic E-state index is -3.59. The highest BCUT2D eigenvalue weighted by Gasteiger charge is 2.31. The van der Waals surface area contributed by atoms with E-state index in [0.717, 1.165) is 11.1 Å². The average Bonchev–Trinajstić information content (AvgIpc) is 2.31. The molecule has 4 nitrogen and oxygen atoms in total. The summed E-state index contributed by atoms with van der Waals surface area (Å²) < 4.78 is 21.0. The first-order valence-corrected chi connectivity index (χ1v) is 6.36. The van der Waals surface area contributed by atoms with E-state index in [0.29, 0.717) is 0 Å². The van der Waals surface area contributed by atoms with Gasteiger partial charge in [0.25, 0.3) is 0 Å². The minimum absolute atomic E-state index is 0.0548. The molecule has 0 amide bonds. The largest absolute Gasteiger partial charge is 0.396 e. The van der Waals surface area contributed by atoms with Crippen molar-refractivity contribution < 1.29 is 18.4 Å². The van der Waals surface area contributed by atoms with E-state index < -0.39 is 13.1 Å². The maximum Gasteiger partial charge on any atom is 0.396 e. The van der Waals surface area contributed by atoms with Crippen molar-refractivity contribution in [2.24, 2.45) is 0 Å². The van der Waals surface area contributed by atoms with Crippen LogP contribution in [-0.4, -0.2) is 19.7 Å². The molecule has 0 radical (unpaired) electrons. The van der Waals surface area contributed by atoms with E-state index in [1.165, 1.54) is 14.2 Å². The number of benzene rings is 1. The summed E-state index contributed by atoms with van der Waals surface area (Å²) in [6.45, 7) is 1.96. The first kappa shape index (κ1) is 13.1. The molecule has 0 saturated heterocycles. The molecule has 0 aliphatic rings. The van der Waals surface area contributed by atoms with Crippen LogP contribution in [0, 0.1) is 6.92 Å². The Bertz CT molecular complexity index is 402. The number of hydrogen-bond acceptors (Lipinski definition) is 4. The minimum Gasteiger partial charge on any atom is -0.307 e. The lowest BCUT2D eigenvalue weighted by molar-refractivity contribution is -0.113. The van der Waals surface area contributed by atoms with Crippen molar-refractivity contribution in [3.05, 3.63) is 35.4 Å². The van der Waals surface area contributed by atoms with E-state index >= 15 is 0 Å². The molecule has 88 valence electrons. The van der Waals surface area contributed by atoms with Gasteiger partial charge in [-0.15, -0.1) is 0 Å². The summed E-state index contributed by atoms with van der Waals surface area (Å²) in [6, 6.07) is 7.44. The molecule has 16 heavy (non-hydrogen) atoms. The Morgan fingerprint density at radius 3 is 2.12 bits per heavy atom. The zero-order valence-corrected chi connectivity index (χ0v) is 10.5. The third kappa shape index (κ3) is 3.01. The quantitative estimate of drug-likeness (QED) is 0.744. The molecule has 1 rings (SSSR count). The Hall–Kier alpha value is -0.960. The molecule has 0 aliphatic heterocycles. The number of hydrogen-bond donors (Lipinski definition) is 0. The van der Waals surface area contributed by atoms with Crippen LogP contribution >= 0.6 is 7.60 Å². The molecule has 1 aromatic rings. The van der Waals surface area contributed by atoms with Crippen LogP contribution in [0.15, 0.2) is 24.3 Å². The van der Waals surface area contributed by atoms with Gasteiger partial charge in [-0.25, -0.2) is 0 Å². The Balaban J connectivity index is 2.78. The molecule has 0 aromatic heterocycles. The molecule has 0 N–H and O–H groups in total. The molecule has 0 unspecified atom stereocenters. The van der Waals surface area contributed by atoms with Gasteiger partial charge in [0.15, 0.2) is 0 Å². The summed E-state index contributed by atoms with van der Waals surface area (Å²) in [6.07, 6.45) is 0.0548. The van der Waals surface area contributed by atoms with Gasteiger partial charge in [0.1, 0.15) is 0 Å². The molecule has 0 heterocycles. The number of carbonyl (C=O) groups excluding carboxylic acids is 1. The van der Waals surface area contributed by atoms with Crippen molar-refractivity contribution in [3.8, 4) is 0 Å². The maximum absolute atomic E-state index is 11.7. The van der Waals surface area contributed by atoms with Crippen molar-refractivity contribution in [2.75, 3.05) is 14.2 Å². The third-order valence-electron chi connectivity index (χ3n) is 2.26. The van der Waals surface area contributed by atoms with E-state index in [2.05, 4.69) is 9.05 Å². The van der Waals surface area contributed by atoms with E-state index in [-0.39, 0.29) is 6.42 Å². The predicted octanol–water partition coefficient (Wildman–Crippen LogP) is 2.55. The van der Waals surface area contributed by atoms with Crippen LogP contribution < -0.4 is 0 Å². The topological polar surface area (TPSA) is 52.6 Å². The lowest BCUT2D eigenvalue weighted by Gasteiger charge is -2.11. The molecule has 1 aromatic carbocycles. The summed E-state index contributed by atoms with van der Waals surface area (Å²) >= 11 is 0. The van der Waals surface area contributed by atoms with E-state index in [4.69, 9.17) is 0 Å². The van der Waals surface area contributed by atoms with Crippen molar-refractivity contribution in [1.82, 2.24) is 0 Å². The van der Waals surface area contributed by atoms with Crippen LogP contribution in [0.1, 0.15) is 11.1 Å². The molecule has 0 fully saturated rings. The highest BCUT2D eigenvalue weighted by atomic mass is 31.2. The van der Waals surface area contributed by atoms with E-state index in [1.54, 1.807) is 0 Å². The first-order chi connectivity index (χ1) is 7.51. The molecular formula is C11H15O4P. The third-order valence-corrected chi connectivity index (χ3v) is 3.99. The van der Waals surface area contributed by atoms with Gasteiger partial charge in [0, 0.05) is 20.6 Å². The molecule has 0 bridgehead atoms.